The summed E-state index contributed by atoms with van der Waals surface area (Å²) in [5.74, 6) is 1.86. The van der Waals surface area contributed by atoms with Crippen LogP contribution >= 0.6 is 11.3 Å². The molecule has 0 atom stereocenters. The highest BCUT2D eigenvalue weighted by Gasteiger charge is 2.09. The molecule has 0 saturated heterocycles. The molecule has 2 aromatic heterocycles. The van der Waals surface area contributed by atoms with Crippen LogP contribution in [0.1, 0.15) is 10.8 Å². The molecule has 1 N–H and O–H groups in total. The second-order valence-electron chi connectivity index (χ2n) is 4.90. The van der Waals surface area contributed by atoms with Crippen molar-refractivity contribution in [1.29, 1.82) is 0 Å². The molecule has 0 fully saturated rings. The fraction of sp³-hybridized carbons (Fsp3) is 0.176. The molecule has 23 heavy (non-hydrogen) atoms. The van der Waals surface area contributed by atoms with Crippen molar-refractivity contribution in [1.82, 2.24) is 10.3 Å². The molecule has 0 radical (unpaired) electrons. The van der Waals surface area contributed by atoms with Gasteiger partial charge in [0.2, 0.25) is 0 Å². The van der Waals surface area contributed by atoms with Gasteiger partial charge in [-0.2, -0.15) is 0 Å². The molecule has 2 heterocycles. The van der Waals surface area contributed by atoms with E-state index in [1.54, 1.807) is 11.3 Å². The number of aryl methyl sites for hydroxylation is 1. The fourth-order valence-electron chi connectivity index (χ4n) is 1.99. The minimum Gasteiger partial charge on any atom is -0.484 e. The predicted octanol–water partition coefficient (Wildman–Crippen LogP) is 3.41. The maximum absolute atomic E-state index is 11.8. The SMILES string of the molecule is Cc1nc(-c2ccc(CNC(=O)COc3ccccc3)o2)cs1. The Hall–Kier alpha value is -2.60. The second kappa shape index (κ2) is 7.11. The Balaban J connectivity index is 1.48. The van der Waals surface area contributed by atoms with Crippen molar-refractivity contribution >= 4 is 17.2 Å². The van der Waals surface area contributed by atoms with Crippen LogP contribution < -0.4 is 10.1 Å². The molecule has 3 aromatic rings. The summed E-state index contributed by atoms with van der Waals surface area (Å²) < 4.78 is 11.1. The van der Waals surface area contributed by atoms with E-state index in [4.69, 9.17) is 9.15 Å². The van der Waals surface area contributed by atoms with Gasteiger partial charge in [0.05, 0.1) is 11.6 Å². The zero-order chi connectivity index (χ0) is 16.1. The van der Waals surface area contributed by atoms with Gasteiger partial charge in [-0.1, -0.05) is 18.2 Å². The highest BCUT2D eigenvalue weighted by molar-refractivity contribution is 7.09. The van der Waals surface area contributed by atoms with Gasteiger partial charge in [-0.05, 0) is 31.2 Å². The van der Waals surface area contributed by atoms with E-state index >= 15 is 0 Å². The number of nitrogens with zero attached hydrogens (tertiary/aromatic N) is 1. The highest BCUT2D eigenvalue weighted by Crippen LogP contribution is 2.23. The number of furan rings is 1. The van der Waals surface area contributed by atoms with E-state index in [2.05, 4.69) is 10.3 Å². The van der Waals surface area contributed by atoms with E-state index in [-0.39, 0.29) is 12.5 Å². The largest absolute Gasteiger partial charge is 0.484 e. The lowest BCUT2D eigenvalue weighted by Crippen LogP contribution is -2.28. The third kappa shape index (κ3) is 4.20. The summed E-state index contributed by atoms with van der Waals surface area (Å²) in [5.41, 5.74) is 0.817. The Morgan fingerprint density at radius 3 is 2.83 bits per heavy atom. The monoisotopic (exact) mass is 328 g/mol. The van der Waals surface area contributed by atoms with Crippen molar-refractivity contribution in [2.24, 2.45) is 0 Å². The number of amides is 1. The average Bonchev–Trinajstić information content (AvgIpc) is 3.20. The lowest BCUT2D eigenvalue weighted by molar-refractivity contribution is -0.123. The molecule has 6 heteroatoms. The molecule has 0 bridgehead atoms. The van der Waals surface area contributed by atoms with Gasteiger partial charge in [0, 0.05) is 5.38 Å². The van der Waals surface area contributed by atoms with E-state index in [1.165, 1.54) is 0 Å². The first-order valence-electron chi connectivity index (χ1n) is 7.16. The third-order valence-electron chi connectivity index (χ3n) is 3.11. The van der Waals surface area contributed by atoms with Crippen LogP contribution in [0.4, 0.5) is 0 Å². The van der Waals surface area contributed by atoms with Crippen LogP contribution in [-0.4, -0.2) is 17.5 Å². The number of carbonyl (C=O) groups excluding carboxylic acids is 1. The molecule has 3 rings (SSSR count). The predicted molar refractivity (Wildman–Crippen MR) is 88.3 cm³/mol. The summed E-state index contributed by atoms with van der Waals surface area (Å²) in [4.78, 5) is 16.2. The van der Waals surface area contributed by atoms with Crippen molar-refractivity contribution in [3.8, 4) is 17.2 Å². The van der Waals surface area contributed by atoms with Gasteiger partial charge in [-0.15, -0.1) is 11.3 Å². The number of ether oxygens (including phenoxy) is 1. The van der Waals surface area contributed by atoms with Crippen LogP contribution in [0.15, 0.2) is 52.3 Å². The van der Waals surface area contributed by atoms with Gasteiger partial charge >= 0.3 is 0 Å². The summed E-state index contributed by atoms with van der Waals surface area (Å²) in [6.07, 6.45) is 0. The minimum absolute atomic E-state index is 0.0249. The number of carbonyl (C=O) groups is 1. The molecule has 5 nitrogen and oxygen atoms in total. The Kier molecular flexibility index (Phi) is 4.73. The Morgan fingerprint density at radius 2 is 2.09 bits per heavy atom. The van der Waals surface area contributed by atoms with E-state index < -0.39 is 0 Å². The number of nitrogens with one attached hydrogen (secondary N) is 1. The summed E-state index contributed by atoms with van der Waals surface area (Å²) in [6, 6.07) is 12.9. The first kappa shape index (κ1) is 15.3. The van der Waals surface area contributed by atoms with E-state index in [9.17, 15) is 4.79 Å². The van der Waals surface area contributed by atoms with Crippen molar-refractivity contribution in [2.45, 2.75) is 13.5 Å². The average molecular weight is 328 g/mol. The zero-order valence-electron chi connectivity index (χ0n) is 12.6. The number of thiazole rings is 1. The molecule has 0 aliphatic heterocycles. The quantitative estimate of drug-likeness (QED) is 0.753. The van der Waals surface area contributed by atoms with Gasteiger partial charge in [0.1, 0.15) is 17.2 Å². The number of para-hydroxylation sites is 1. The fourth-order valence-corrected chi connectivity index (χ4v) is 2.59. The molecule has 1 amide bonds. The zero-order valence-corrected chi connectivity index (χ0v) is 13.4. The summed E-state index contributed by atoms with van der Waals surface area (Å²) in [7, 11) is 0. The number of aromatic nitrogens is 1. The number of hydrogen-bond acceptors (Lipinski definition) is 5. The minimum atomic E-state index is -0.198. The Morgan fingerprint density at radius 1 is 1.26 bits per heavy atom. The van der Waals surface area contributed by atoms with Crippen molar-refractivity contribution < 1.29 is 13.9 Å². The van der Waals surface area contributed by atoms with Crippen LogP contribution in [0.2, 0.25) is 0 Å². The van der Waals surface area contributed by atoms with Gasteiger partial charge in [-0.3, -0.25) is 4.79 Å². The normalized spacial score (nSPS) is 10.5. The van der Waals surface area contributed by atoms with Crippen LogP contribution in [0.3, 0.4) is 0 Å². The lowest BCUT2D eigenvalue weighted by atomic mass is 10.3. The number of benzene rings is 1. The van der Waals surface area contributed by atoms with Gasteiger partial charge in [0.25, 0.3) is 5.91 Å². The standard InChI is InChI=1S/C17H16N2O3S/c1-12-19-15(11-23-12)16-8-7-14(22-16)9-18-17(20)10-21-13-5-3-2-4-6-13/h2-8,11H,9-10H2,1H3,(H,18,20). The van der Waals surface area contributed by atoms with E-state index in [0.29, 0.717) is 23.8 Å². The first-order valence-corrected chi connectivity index (χ1v) is 8.04. The molecular formula is C17H16N2O3S. The molecule has 0 aliphatic rings. The summed E-state index contributed by atoms with van der Waals surface area (Å²) in [5, 5.41) is 5.70. The number of hydrogen-bond donors (Lipinski definition) is 1. The maximum Gasteiger partial charge on any atom is 0.258 e. The molecule has 118 valence electrons. The van der Waals surface area contributed by atoms with Crippen LogP contribution in [-0.2, 0) is 11.3 Å². The number of rotatable bonds is 6. The van der Waals surface area contributed by atoms with Crippen LogP contribution in [0, 0.1) is 6.92 Å². The highest BCUT2D eigenvalue weighted by atomic mass is 32.1. The maximum atomic E-state index is 11.8. The third-order valence-corrected chi connectivity index (χ3v) is 3.88. The van der Waals surface area contributed by atoms with E-state index in [1.807, 2.05) is 54.8 Å². The Labute approximate surface area is 137 Å². The summed E-state index contributed by atoms with van der Waals surface area (Å²) in [6.45, 7) is 2.24. The van der Waals surface area contributed by atoms with Gasteiger partial charge in [-0.25, -0.2) is 4.98 Å². The van der Waals surface area contributed by atoms with Crippen LogP contribution in [0.5, 0.6) is 5.75 Å². The molecule has 0 unspecified atom stereocenters. The van der Waals surface area contributed by atoms with Crippen LogP contribution in [0.25, 0.3) is 11.5 Å². The smallest absolute Gasteiger partial charge is 0.258 e. The van der Waals surface area contributed by atoms with Crippen molar-refractivity contribution in [2.75, 3.05) is 6.61 Å². The molecule has 0 aliphatic carbocycles. The lowest BCUT2D eigenvalue weighted by Gasteiger charge is -2.06. The molecular weight excluding hydrogens is 312 g/mol. The first-order chi connectivity index (χ1) is 11.2. The van der Waals surface area contributed by atoms with Crippen molar-refractivity contribution in [3.05, 3.63) is 58.6 Å². The van der Waals surface area contributed by atoms with Crippen molar-refractivity contribution in [3.63, 3.8) is 0 Å². The molecule has 0 saturated carbocycles. The van der Waals surface area contributed by atoms with Gasteiger partial charge in [0.15, 0.2) is 12.4 Å². The molecule has 0 spiro atoms. The second-order valence-corrected chi connectivity index (χ2v) is 5.96. The van der Waals surface area contributed by atoms with E-state index in [0.717, 1.165) is 10.7 Å². The topological polar surface area (TPSA) is 64.4 Å². The van der Waals surface area contributed by atoms with Gasteiger partial charge < -0.3 is 14.5 Å². The molecule has 1 aromatic carbocycles. The Bertz CT molecular complexity index is 780. The summed E-state index contributed by atoms with van der Waals surface area (Å²) >= 11 is 1.57.